The second-order valence-electron chi connectivity index (χ2n) is 1.44. The summed E-state index contributed by atoms with van der Waals surface area (Å²) in [5, 5.41) is 0. The van der Waals surface area contributed by atoms with Crippen molar-refractivity contribution >= 4 is 44.3 Å². The summed E-state index contributed by atoms with van der Waals surface area (Å²) in [5.41, 5.74) is 0. The summed E-state index contributed by atoms with van der Waals surface area (Å²) < 4.78 is -0.356. The minimum absolute atomic E-state index is 0.146. The van der Waals surface area contributed by atoms with Crippen LogP contribution in [0.5, 0.6) is 0 Å². The number of ketones is 1. The van der Waals surface area contributed by atoms with E-state index in [1.54, 1.807) is 6.92 Å². The van der Waals surface area contributed by atoms with Crippen molar-refractivity contribution in [2.45, 2.75) is 16.2 Å². The summed E-state index contributed by atoms with van der Waals surface area (Å²) in [6, 6.07) is 0. The first kappa shape index (κ1) is 7.88. The Bertz CT molecular complexity index is 84.2. The molecule has 0 aliphatic heterocycles. The van der Waals surface area contributed by atoms with Gasteiger partial charge in [-0.15, -0.1) is 0 Å². The Morgan fingerprint density at radius 2 is 2.00 bits per heavy atom. The van der Waals surface area contributed by atoms with E-state index in [1.165, 1.54) is 0 Å². The first-order valence-electron chi connectivity index (χ1n) is 1.83. The van der Waals surface area contributed by atoms with E-state index in [2.05, 4.69) is 15.9 Å². The Kier molecular flexibility index (Phi) is 2.74. The smallest absolute Gasteiger partial charge is 0.156 e. The van der Waals surface area contributed by atoms with Gasteiger partial charge in [-0.2, -0.15) is 0 Å². The maximum Gasteiger partial charge on any atom is 0.156 e. The average Bonchev–Trinajstić information content (AvgIpc) is 1.31. The zero-order valence-electron chi connectivity index (χ0n) is 4.16. The van der Waals surface area contributed by atoms with Gasteiger partial charge in [0.25, 0.3) is 0 Å². The molecule has 3 heteroatoms. The van der Waals surface area contributed by atoms with E-state index < -0.39 is 0 Å². The van der Waals surface area contributed by atoms with Crippen molar-refractivity contribution in [1.82, 2.24) is 0 Å². The third kappa shape index (κ3) is 3.46. The zero-order chi connectivity index (χ0) is 6.08. The summed E-state index contributed by atoms with van der Waals surface area (Å²) in [6.07, 6.45) is 0. The van der Waals surface area contributed by atoms with Crippen LogP contribution in [-0.4, -0.2) is 8.11 Å². The first-order valence-corrected chi connectivity index (χ1v) is 3.70. The van der Waals surface area contributed by atoms with Crippen LogP contribution in [0.2, 0.25) is 0 Å². The molecule has 0 heterocycles. The third-order valence-corrected chi connectivity index (χ3v) is 1.94. The van der Waals surface area contributed by atoms with Gasteiger partial charge in [0.05, 0.1) is 0 Å². The normalized spacial score (nSPS) is 18.3. The Hall–Kier alpha value is 0.880. The molecule has 0 bridgehead atoms. The van der Waals surface area contributed by atoms with Crippen LogP contribution < -0.4 is 0 Å². The second kappa shape index (κ2) is 2.44. The molecular weight excluding hydrogens is 271 g/mol. The van der Waals surface area contributed by atoms with Gasteiger partial charge in [-0.1, -0.05) is 38.5 Å². The van der Waals surface area contributed by atoms with Gasteiger partial charge >= 0.3 is 0 Å². The lowest BCUT2D eigenvalue weighted by molar-refractivity contribution is -0.116. The number of rotatable bonds is 1. The Labute approximate surface area is 65.1 Å². The van der Waals surface area contributed by atoms with Crippen molar-refractivity contribution in [2.24, 2.45) is 0 Å². The molecule has 0 aliphatic rings. The molecule has 7 heavy (non-hydrogen) atoms. The lowest BCUT2D eigenvalue weighted by Crippen LogP contribution is -2.15. The summed E-state index contributed by atoms with van der Waals surface area (Å²) in [4.78, 5) is 10.4. The van der Waals surface area contributed by atoms with Crippen LogP contribution in [0.1, 0.15) is 13.8 Å². The highest BCUT2D eigenvalue weighted by molar-refractivity contribution is 14.1. The molecule has 0 fully saturated rings. The van der Waals surface area contributed by atoms with Gasteiger partial charge < -0.3 is 0 Å². The zero-order valence-corrected chi connectivity index (χ0v) is 7.91. The molecule has 0 aliphatic carbocycles. The molecule has 1 atom stereocenters. The summed E-state index contributed by atoms with van der Waals surface area (Å²) >= 11 is 5.21. The second-order valence-corrected chi connectivity index (χ2v) is 6.67. The highest BCUT2D eigenvalue weighted by Gasteiger charge is 2.19. The molecule has 0 aromatic rings. The predicted octanol–water partition coefficient (Wildman–Crippen LogP) is 2.12. The molecule has 42 valence electrons. The molecule has 0 amide bonds. The van der Waals surface area contributed by atoms with Crippen molar-refractivity contribution in [3.05, 3.63) is 0 Å². The summed E-state index contributed by atoms with van der Waals surface area (Å²) in [7, 11) is 0. The van der Waals surface area contributed by atoms with Gasteiger partial charge in [0.2, 0.25) is 0 Å². The van der Waals surface area contributed by atoms with E-state index in [9.17, 15) is 4.79 Å². The van der Waals surface area contributed by atoms with E-state index in [0.29, 0.717) is 0 Å². The van der Waals surface area contributed by atoms with Crippen molar-refractivity contribution < 1.29 is 4.79 Å². The van der Waals surface area contributed by atoms with Crippen LogP contribution in [-0.2, 0) is 4.79 Å². The summed E-state index contributed by atoms with van der Waals surface area (Å²) in [5.74, 6) is 0.146. The van der Waals surface area contributed by atoms with Gasteiger partial charge in [0.15, 0.2) is 5.78 Å². The van der Waals surface area contributed by atoms with Gasteiger partial charge in [-0.3, -0.25) is 4.79 Å². The number of carbonyl (C=O) groups excluding carboxylic acids is 1. The van der Waals surface area contributed by atoms with Crippen molar-refractivity contribution in [1.29, 1.82) is 0 Å². The van der Waals surface area contributed by atoms with Crippen LogP contribution in [0.25, 0.3) is 0 Å². The Balaban J connectivity index is 3.79. The van der Waals surface area contributed by atoms with E-state index in [1.807, 2.05) is 29.5 Å². The molecule has 0 aromatic carbocycles. The highest BCUT2D eigenvalue weighted by Crippen LogP contribution is 2.26. The lowest BCUT2D eigenvalue weighted by Gasteiger charge is -2.06. The highest BCUT2D eigenvalue weighted by atomic mass is 127. The van der Waals surface area contributed by atoms with Gasteiger partial charge in [0.1, 0.15) is 2.33 Å². The van der Waals surface area contributed by atoms with Crippen molar-refractivity contribution in [2.75, 3.05) is 0 Å². The van der Waals surface area contributed by atoms with E-state index in [0.717, 1.165) is 0 Å². The number of halogens is 2. The number of carbonyl (C=O) groups is 1. The molecule has 1 unspecified atom stereocenters. The van der Waals surface area contributed by atoms with E-state index in [-0.39, 0.29) is 8.11 Å². The van der Waals surface area contributed by atoms with Crippen LogP contribution in [0.15, 0.2) is 0 Å². The molecule has 0 N–H and O–H groups in total. The monoisotopic (exact) mass is 276 g/mol. The standard InChI is InChI=1S/C4H6BrIO/c1-3(7)4(2,5)6/h1-2H3. The van der Waals surface area contributed by atoms with Crippen molar-refractivity contribution in [3.63, 3.8) is 0 Å². The topological polar surface area (TPSA) is 17.1 Å². The number of Topliss-reactive ketones (excluding diaryl/α,β-unsaturated/α-hetero) is 1. The minimum atomic E-state index is -0.356. The van der Waals surface area contributed by atoms with Gasteiger partial charge in [-0.25, -0.2) is 0 Å². The predicted molar refractivity (Wildman–Crippen MR) is 42.0 cm³/mol. The maximum atomic E-state index is 10.4. The molecule has 0 saturated heterocycles. The Morgan fingerprint density at radius 1 is 1.86 bits per heavy atom. The lowest BCUT2D eigenvalue weighted by atomic mass is 10.4. The Morgan fingerprint density at radius 3 is 2.00 bits per heavy atom. The van der Waals surface area contributed by atoms with Crippen molar-refractivity contribution in [3.8, 4) is 0 Å². The average molecular weight is 277 g/mol. The van der Waals surface area contributed by atoms with E-state index in [4.69, 9.17) is 0 Å². The molecule has 0 aromatic heterocycles. The number of hydrogen-bond donors (Lipinski definition) is 0. The van der Waals surface area contributed by atoms with Gasteiger partial charge in [-0.05, 0) is 13.8 Å². The fourth-order valence-electron chi connectivity index (χ4n) is 0. The largest absolute Gasteiger partial charge is 0.298 e. The van der Waals surface area contributed by atoms with Crippen LogP contribution in [0, 0.1) is 0 Å². The van der Waals surface area contributed by atoms with Crippen LogP contribution in [0.4, 0.5) is 0 Å². The summed E-state index contributed by atoms with van der Waals surface area (Å²) in [6.45, 7) is 3.37. The SMILES string of the molecule is CC(=O)C(C)(Br)I. The molecule has 0 saturated carbocycles. The van der Waals surface area contributed by atoms with Crippen LogP contribution >= 0.6 is 38.5 Å². The molecule has 0 rings (SSSR count). The number of hydrogen-bond acceptors (Lipinski definition) is 1. The molecular formula is C4H6BrIO. The number of alkyl halides is 2. The molecule has 1 nitrogen and oxygen atoms in total. The quantitative estimate of drug-likeness (QED) is 0.530. The minimum Gasteiger partial charge on any atom is -0.298 e. The molecule has 0 radical (unpaired) electrons. The van der Waals surface area contributed by atoms with E-state index >= 15 is 0 Å². The fourth-order valence-corrected chi connectivity index (χ4v) is 0. The molecule has 0 spiro atoms. The van der Waals surface area contributed by atoms with Crippen LogP contribution in [0.3, 0.4) is 0 Å². The fraction of sp³-hybridized carbons (Fsp3) is 0.750. The maximum absolute atomic E-state index is 10.4. The third-order valence-electron chi connectivity index (χ3n) is 0.618. The van der Waals surface area contributed by atoms with Gasteiger partial charge in [0, 0.05) is 0 Å². The first-order chi connectivity index (χ1) is 2.94.